The average molecular weight is 451 g/mol. The van der Waals surface area contributed by atoms with Gasteiger partial charge >= 0.3 is 5.51 Å². The van der Waals surface area contributed by atoms with E-state index >= 15 is 0 Å². The fraction of sp³-hybridized carbons (Fsp3) is 0.238. The summed E-state index contributed by atoms with van der Waals surface area (Å²) in [6.07, 6.45) is 3.35. The van der Waals surface area contributed by atoms with Gasteiger partial charge in [0, 0.05) is 36.0 Å². The van der Waals surface area contributed by atoms with Gasteiger partial charge in [-0.05, 0) is 53.7 Å². The summed E-state index contributed by atoms with van der Waals surface area (Å²) in [5.74, 6) is 1.18. The number of alkyl halides is 3. The first-order valence-electron chi connectivity index (χ1n) is 9.07. The number of thioether (sulfide) groups is 1. The van der Waals surface area contributed by atoms with Gasteiger partial charge in [-0.15, -0.1) is 0 Å². The average Bonchev–Trinajstić information content (AvgIpc) is 3.16. The van der Waals surface area contributed by atoms with Gasteiger partial charge in [0.2, 0.25) is 0 Å². The first kappa shape index (κ1) is 22.5. The zero-order valence-corrected chi connectivity index (χ0v) is 17.8. The van der Waals surface area contributed by atoms with E-state index in [4.69, 9.17) is 9.47 Å². The Morgan fingerprint density at radius 1 is 1.10 bits per heavy atom. The maximum Gasteiger partial charge on any atom is 0.446 e. The van der Waals surface area contributed by atoms with E-state index in [1.165, 1.54) is 38.5 Å². The first-order chi connectivity index (χ1) is 14.7. The SMILES string of the molecule is COc1cc(OC)cc(C(NC(=O)c2ccc(SC(F)(F)F)cc2)c2nccn2C)c1. The van der Waals surface area contributed by atoms with E-state index in [1.807, 2.05) is 0 Å². The number of hydrogen-bond donors (Lipinski definition) is 1. The van der Waals surface area contributed by atoms with Crippen molar-refractivity contribution in [2.24, 2.45) is 7.05 Å². The summed E-state index contributed by atoms with van der Waals surface area (Å²) >= 11 is -0.233. The predicted octanol–water partition coefficient (Wildman–Crippen LogP) is 4.57. The Kier molecular flexibility index (Phi) is 6.79. The van der Waals surface area contributed by atoms with Crippen LogP contribution in [0.15, 0.2) is 59.8 Å². The molecule has 0 fully saturated rings. The fourth-order valence-electron chi connectivity index (χ4n) is 2.97. The first-order valence-corrected chi connectivity index (χ1v) is 9.88. The minimum Gasteiger partial charge on any atom is -0.497 e. The van der Waals surface area contributed by atoms with Gasteiger partial charge in [0.1, 0.15) is 23.4 Å². The Labute approximate surface area is 181 Å². The van der Waals surface area contributed by atoms with Gasteiger partial charge < -0.3 is 19.4 Å². The highest BCUT2D eigenvalue weighted by molar-refractivity contribution is 8.00. The molecule has 2 aromatic carbocycles. The number of amides is 1. The van der Waals surface area contributed by atoms with Crippen LogP contribution >= 0.6 is 11.8 Å². The molecule has 0 aliphatic carbocycles. The van der Waals surface area contributed by atoms with Crippen molar-refractivity contribution in [3.05, 3.63) is 71.8 Å². The highest BCUT2D eigenvalue weighted by Gasteiger charge is 2.29. The van der Waals surface area contributed by atoms with Crippen molar-refractivity contribution in [2.75, 3.05) is 14.2 Å². The molecule has 0 aliphatic rings. The second-order valence-corrected chi connectivity index (χ2v) is 7.66. The van der Waals surface area contributed by atoms with Crippen molar-refractivity contribution < 1.29 is 27.4 Å². The second-order valence-electron chi connectivity index (χ2n) is 6.52. The smallest absolute Gasteiger partial charge is 0.446 e. The lowest BCUT2D eigenvalue weighted by Gasteiger charge is -2.20. The van der Waals surface area contributed by atoms with Crippen LogP contribution < -0.4 is 14.8 Å². The van der Waals surface area contributed by atoms with Crippen LogP contribution in [0.2, 0.25) is 0 Å². The van der Waals surface area contributed by atoms with E-state index in [0.29, 0.717) is 22.9 Å². The number of nitrogens with zero attached hydrogens (tertiary/aromatic N) is 2. The molecule has 0 saturated carbocycles. The number of methoxy groups -OCH3 is 2. The zero-order valence-electron chi connectivity index (χ0n) is 16.9. The molecule has 1 atom stereocenters. The largest absolute Gasteiger partial charge is 0.497 e. The molecule has 31 heavy (non-hydrogen) atoms. The topological polar surface area (TPSA) is 65.4 Å². The lowest BCUT2D eigenvalue weighted by Crippen LogP contribution is -2.31. The summed E-state index contributed by atoms with van der Waals surface area (Å²) in [6.45, 7) is 0. The second kappa shape index (κ2) is 9.34. The van der Waals surface area contributed by atoms with E-state index < -0.39 is 17.5 Å². The number of halogens is 3. The number of hydrogen-bond acceptors (Lipinski definition) is 5. The van der Waals surface area contributed by atoms with Crippen LogP contribution in [0.4, 0.5) is 13.2 Å². The summed E-state index contributed by atoms with van der Waals surface area (Å²) in [5.41, 5.74) is -3.50. The van der Waals surface area contributed by atoms with Crippen molar-refractivity contribution in [1.29, 1.82) is 0 Å². The van der Waals surface area contributed by atoms with Crippen molar-refractivity contribution in [3.63, 3.8) is 0 Å². The maximum atomic E-state index is 12.9. The van der Waals surface area contributed by atoms with Gasteiger partial charge in [-0.3, -0.25) is 4.79 Å². The van der Waals surface area contributed by atoms with Gasteiger partial charge in [0.15, 0.2) is 0 Å². The van der Waals surface area contributed by atoms with E-state index in [-0.39, 0.29) is 22.2 Å². The molecule has 6 nitrogen and oxygen atoms in total. The molecule has 0 saturated heterocycles. The van der Waals surface area contributed by atoms with Crippen LogP contribution in [-0.4, -0.2) is 35.2 Å². The van der Waals surface area contributed by atoms with Gasteiger partial charge in [-0.1, -0.05) is 0 Å². The normalized spacial score (nSPS) is 12.3. The minimum atomic E-state index is -4.39. The number of carbonyl (C=O) groups excluding carboxylic acids is 1. The molecule has 1 N–H and O–H groups in total. The van der Waals surface area contributed by atoms with Crippen LogP contribution in [-0.2, 0) is 7.05 Å². The summed E-state index contributed by atoms with van der Waals surface area (Å²) < 4.78 is 50.0. The molecule has 1 heterocycles. The molecule has 0 aliphatic heterocycles. The van der Waals surface area contributed by atoms with Crippen LogP contribution in [0.25, 0.3) is 0 Å². The Bertz CT molecular complexity index is 1030. The predicted molar refractivity (Wildman–Crippen MR) is 110 cm³/mol. The third-order valence-corrected chi connectivity index (χ3v) is 5.19. The van der Waals surface area contributed by atoms with Crippen LogP contribution in [0.3, 0.4) is 0 Å². The summed E-state index contributed by atoms with van der Waals surface area (Å²) in [6, 6.07) is 9.79. The van der Waals surface area contributed by atoms with Crippen molar-refractivity contribution >= 4 is 17.7 Å². The van der Waals surface area contributed by atoms with E-state index in [9.17, 15) is 18.0 Å². The molecule has 1 amide bonds. The zero-order chi connectivity index (χ0) is 22.6. The van der Waals surface area contributed by atoms with Crippen molar-refractivity contribution in [3.8, 4) is 11.5 Å². The fourth-order valence-corrected chi connectivity index (χ4v) is 3.51. The Morgan fingerprint density at radius 3 is 2.19 bits per heavy atom. The molecular formula is C21H20F3N3O3S. The van der Waals surface area contributed by atoms with E-state index in [0.717, 1.165) is 0 Å². The van der Waals surface area contributed by atoms with Gasteiger partial charge in [0.05, 0.1) is 14.2 Å². The van der Waals surface area contributed by atoms with E-state index in [2.05, 4.69) is 10.3 Å². The molecule has 1 aromatic heterocycles. The maximum absolute atomic E-state index is 12.9. The lowest BCUT2D eigenvalue weighted by molar-refractivity contribution is -0.0328. The standard InChI is InChI=1S/C21H20F3N3O3S/c1-27-9-8-25-19(27)18(14-10-15(29-2)12-16(11-14)30-3)26-20(28)13-4-6-17(7-5-13)31-21(22,23)24/h4-12,18H,1-3H3,(H,26,28). The molecule has 1 unspecified atom stereocenters. The molecule has 10 heteroatoms. The Balaban J connectivity index is 1.91. The summed E-state index contributed by atoms with van der Waals surface area (Å²) in [5, 5.41) is 2.90. The number of ether oxygens (including phenoxy) is 2. The summed E-state index contributed by atoms with van der Waals surface area (Å²) in [7, 11) is 4.84. The van der Waals surface area contributed by atoms with Crippen molar-refractivity contribution in [2.45, 2.75) is 16.4 Å². The Morgan fingerprint density at radius 2 is 1.71 bits per heavy atom. The molecule has 0 spiro atoms. The van der Waals surface area contributed by atoms with Crippen LogP contribution in [0, 0.1) is 0 Å². The Hall–Kier alpha value is -3.14. The van der Waals surface area contributed by atoms with Crippen molar-refractivity contribution in [1.82, 2.24) is 14.9 Å². The molecular weight excluding hydrogens is 431 g/mol. The third-order valence-electron chi connectivity index (χ3n) is 4.45. The van der Waals surface area contributed by atoms with Crippen LogP contribution in [0.5, 0.6) is 11.5 Å². The molecule has 0 radical (unpaired) electrons. The minimum absolute atomic E-state index is 0.00207. The van der Waals surface area contributed by atoms with Gasteiger partial charge in [-0.2, -0.15) is 13.2 Å². The van der Waals surface area contributed by atoms with Crippen LogP contribution in [0.1, 0.15) is 27.8 Å². The highest BCUT2D eigenvalue weighted by Crippen LogP contribution is 2.36. The molecule has 0 bridgehead atoms. The number of benzene rings is 2. The number of rotatable bonds is 7. The van der Waals surface area contributed by atoms with E-state index in [1.54, 1.807) is 42.2 Å². The number of aryl methyl sites for hydroxylation is 1. The van der Waals surface area contributed by atoms with Gasteiger partial charge in [0.25, 0.3) is 5.91 Å². The number of imidazole rings is 1. The lowest BCUT2D eigenvalue weighted by atomic mass is 10.0. The highest BCUT2D eigenvalue weighted by atomic mass is 32.2. The monoisotopic (exact) mass is 451 g/mol. The molecule has 3 rings (SSSR count). The number of aromatic nitrogens is 2. The molecule has 3 aromatic rings. The van der Waals surface area contributed by atoms with Gasteiger partial charge in [-0.25, -0.2) is 4.98 Å². The number of carbonyl (C=O) groups is 1. The number of nitrogens with one attached hydrogen (secondary N) is 1. The quantitative estimate of drug-likeness (QED) is 0.533. The third kappa shape index (κ3) is 5.72. The summed E-state index contributed by atoms with van der Waals surface area (Å²) in [4.78, 5) is 17.2. The molecule has 164 valence electrons.